The standard InChI is InChI=1S/C10H9N3O/c11-9-6-8(14)10(13-12-9)7-4-2-1-3-5-7/h1-6H,(H3,11,12,14). The van der Waals surface area contributed by atoms with Gasteiger partial charge in [0.05, 0.1) is 0 Å². The van der Waals surface area contributed by atoms with Gasteiger partial charge in [0, 0.05) is 11.6 Å². The number of aromatic amines is 1. The predicted molar refractivity (Wildman–Crippen MR) is 54.7 cm³/mol. The SMILES string of the molecule is Nc1cc(=O)c(-c2ccccc2)n[nH]1. The molecule has 4 nitrogen and oxygen atoms in total. The van der Waals surface area contributed by atoms with Crippen molar-refractivity contribution in [2.75, 3.05) is 5.73 Å². The maximum Gasteiger partial charge on any atom is 0.210 e. The molecule has 0 unspecified atom stereocenters. The summed E-state index contributed by atoms with van der Waals surface area (Å²) < 4.78 is 0. The van der Waals surface area contributed by atoms with Gasteiger partial charge < -0.3 is 5.73 Å². The molecule has 4 heteroatoms. The Morgan fingerprint density at radius 1 is 1.21 bits per heavy atom. The number of aromatic nitrogens is 2. The maximum absolute atomic E-state index is 11.5. The van der Waals surface area contributed by atoms with Crippen LogP contribution in [0.25, 0.3) is 11.3 Å². The van der Waals surface area contributed by atoms with Gasteiger partial charge in [-0.15, -0.1) is 0 Å². The van der Waals surface area contributed by atoms with Gasteiger partial charge in [-0.1, -0.05) is 30.3 Å². The Hall–Kier alpha value is -2.10. The van der Waals surface area contributed by atoms with E-state index in [1.165, 1.54) is 6.07 Å². The van der Waals surface area contributed by atoms with Crippen molar-refractivity contribution in [1.82, 2.24) is 10.2 Å². The van der Waals surface area contributed by atoms with E-state index in [9.17, 15) is 4.79 Å². The second-order valence-electron chi connectivity index (χ2n) is 2.90. The minimum Gasteiger partial charge on any atom is -0.384 e. The van der Waals surface area contributed by atoms with Crippen molar-refractivity contribution in [3.63, 3.8) is 0 Å². The molecule has 1 aromatic carbocycles. The Morgan fingerprint density at radius 2 is 1.93 bits per heavy atom. The molecule has 0 spiro atoms. The first-order valence-corrected chi connectivity index (χ1v) is 4.18. The summed E-state index contributed by atoms with van der Waals surface area (Å²) in [6.07, 6.45) is 0. The number of nitrogens with one attached hydrogen (secondary N) is 1. The van der Waals surface area contributed by atoms with E-state index < -0.39 is 0 Å². The molecule has 0 aliphatic carbocycles. The van der Waals surface area contributed by atoms with Gasteiger partial charge in [-0.25, -0.2) is 0 Å². The zero-order valence-electron chi connectivity index (χ0n) is 7.40. The Kier molecular flexibility index (Phi) is 2.02. The van der Waals surface area contributed by atoms with Crippen molar-refractivity contribution >= 4 is 5.82 Å². The molecule has 2 rings (SSSR count). The third-order valence-electron chi connectivity index (χ3n) is 1.86. The van der Waals surface area contributed by atoms with Gasteiger partial charge in [-0.05, 0) is 0 Å². The molecular formula is C10H9N3O. The van der Waals surface area contributed by atoms with Gasteiger partial charge in [0.2, 0.25) is 5.43 Å². The largest absolute Gasteiger partial charge is 0.384 e. The Bertz CT molecular complexity index is 490. The molecule has 0 aliphatic rings. The lowest BCUT2D eigenvalue weighted by Gasteiger charge is -1.98. The fourth-order valence-corrected chi connectivity index (χ4v) is 1.22. The fourth-order valence-electron chi connectivity index (χ4n) is 1.22. The number of rotatable bonds is 1. The van der Waals surface area contributed by atoms with Crippen molar-refractivity contribution in [3.8, 4) is 11.3 Å². The number of nitrogens with zero attached hydrogens (tertiary/aromatic N) is 1. The van der Waals surface area contributed by atoms with Crippen LogP contribution in [-0.2, 0) is 0 Å². The van der Waals surface area contributed by atoms with E-state index in [0.29, 0.717) is 5.69 Å². The molecule has 1 aromatic heterocycles. The Balaban J connectivity index is 2.59. The summed E-state index contributed by atoms with van der Waals surface area (Å²) in [5.41, 5.74) is 6.39. The molecule has 14 heavy (non-hydrogen) atoms. The second-order valence-corrected chi connectivity index (χ2v) is 2.90. The van der Waals surface area contributed by atoms with Crippen molar-refractivity contribution in [2.24, 2.45) is 0 Å². The van der Waals surface area contributed by atoms with E-state index in [-0.39, 0.29) is 11.2 Å². The first-order valence-electron chi connectivity index (χ1n) is 4.18. The van der Waals surface area contributed by atoms with Gasteiger partial charge in [-0.2, -0.15) is 5.10 Å². The predicted octanol–water partition coefficient (Wildman–Crippen LogP) is 1.02. The highest BCUT2D eigenvalue weighted by Gasteiger charge is 2.03. The highest BCUT2D eigenvalue weighted by atomic mass is 16.1. The van der Waals surface area contributed by atoms with Crippen LogP contribution in [0.4, 0.5) is 5.82 Å². The maximum atomic E-state index is 11.5. The van der Waals surface area contributed by atoms with Crippen molar-refractivity contribution in [1.29, 1.82) is 0 Å². The Morgan fingerprint density at radius 3 is 2.57 bits per heavy atom. The first-order chi connectivity index (χ1) is 6.77. The molecule has 0 bridgehead atoms. The van der Waals surface area contributed by atoms with Crippen molar-refractivity contribution in [2.45, 2.75) is 0 Å². The highest BCUT2D eigenvalue weighted by Crippen LogP contribution is 2.10. The summed E-state index contributed by atoms with van der Waals surface area (Å²) in [4.78, 5) is 11.5. The van der Waals surface area contributed by atoms with Crippen molar-refractivity contribution < 1.29 is 0 Å². The third-order valence-corrected chi connectivity index (χ3v) is 1.86. The molecule has 3 N–H and O–H groups in total. The molecule has 0 radical (unpaired) electrons. The number of hydrogen-bond donors (Lipinski definition) is 2. The minimum atomic E-state index is -0.174. The van der Waals surface area contributed by atoms with E-state index in [2.05, 4.69) is 10.2 Å². The molecule has 0 saturated heterocycles. The molecule has 0 saturated carbocycles. The topological polar surface area (TPSA) is 71.8 Å². The van der Waals surface area contributed by atoms with E-state index in [0.717, 1.165) is 5.56 Å². The third kappa shape index (κ3) is 1.50. The van der Waals surface area contributed by atoms with E-state index in [1.807, 2.05) is 30.3 Å². The molecule has 0 atom stereocenters. The second kappa shape index (κ2) is 3.33. The summed E-state index contributed by atoms with van der Waals surface area (Å²) in [5, 5.41) is 6.45. The number of H-pyrrole nitrogens is 1. The van der Waals surface area contributed by atoms with Gasteiger partial charge in [0.1, 0.15) is 11.5 Å². The first kappa shape index (κ1) is 8.50. The van der Waals surface area contributed by atoms with Crippen LogP contribution in [0.3, 0.4) is 0 Å². The Labute approximate surface area is 80.4 Å². The normalized spacial score (nSPS) is 10.0. The number of nitrogen functional groups attached to an aromatic ring is 1. The van der Waals surface area contributed by atoms with Gasteiger partial charge in [-0.3, -0.25) is 9.89 Å². The monoisotopic (exact) mass is 187 g/mol. The van der Waals surface area contributed by atoms with E-state index >= 15 is 0 Å². The molecule has 0 fully saturated rings. The molecule has 1 heterocycles. The number of anilines is 1. The summed E-state index contributed by atoms with van der Waals surface area (Å²) >= 11 is 0. The van der Waals surface area contributed by atoms with Crippen LogP contribution >= 0.6 is 0 Å². The van der Waals surface area contributed by atoms with Gasteiger partial charge in [0.15, 0.2) is 0 Å². The zero-order chi connectivity index (χ0) is 9.97. The average Bonchev–Trinajstić information content (AvgIpc) is 2.19. The number of nitrogens with two attached hydrogens (primary N) is 1. The van der Waals surface area contributed by atoms with Crippen LogP contribution in [-0.4, -0.2) is 10.2 Å². The number of benzene rings is 1. The highest BCUT2D eigenvalue weighted by molar-refractivity contribution is 5.58. The van der Waals surface area contributed by atoms with Crippen LogP contribution in [0.15, 0.2) is 41.2 Å². The lowest BCUT2D eigenvalue weighted by molar-refractivity contribution is 1.04. The van der Waals surface area contributed by atoms with Crippen LogP contribution < -0.4 is 11.2 Å². The molecular weight excluding hydrogens is 178 g/mol. The van der Waals surface area contributed by atoms with Crippen LogP contribution in [0.1, 0.15) is 0 Å². The van der Waals surface area contributed by atoms with E-state index in [1.54, 1.807) is 0 Å². The van der Waals surface area contributed by atoms with Gasteiger partial charge >= 0.3 is 0 Å². The molecule has 2 aromatic rings. The molecule has 70 valence electrons. The van der Waals surface area contributed by atoms with Crippen LogP contribution in [0.2, 0.25) is 0 Å². The zero-order valence-corrected chi connectivity index (χ0v) is 7.40. The lowest BCUT2D eigenvalue weighted by atomic mass is 10.1. The van der Waals surface area contributed by atoms with Crippen molar-refractivity contribution in [3.05, 3.63) is 46.6 Å². The smallest absolute Gasteiger partial charge is 0.210 e. The summed E-state index contributed by atoms with van der Waals surface area (Å²) in [6, 6.07) is 10.6. The summed E-state index contributed by atoms with van der Waals surface area (Å²) in [5.74, 6) is 0.273. The average molecular weight is 187 g/mol. The quantitative estimate of drug-likeness (QED) is 0.700. The molecule has 0 aliphatic heterocycles. The molecule has 0 amide bonds. The fraction of sp³-hybridized carbons (Fsp3) is 0. The van der Waals surface area contributed by atoms with E-state index in [4.69, 9.17) is 5.73 Å². The lowest BCUT2D eigenvalue weighted by Crippen LogP contribution is -2.09. The van der Waals surface area contributed by atoms with Gasteiger partial charge in [0.25, 0.3) is 0 Å². The summed E-state index contributed by atoms with van der Waals surface area (Å²) in [7, 11) is 0. The minimum absolute atomic E-state index is 0.174. The summed E-state index contributed by atoms with van der Waals surface area (Å²) in [6.45, 7) is 0. The number of hydrogen-bond acceptors (Lipinski definition) is 3. The van der Waals surface area contributed by atoms with Crippen LogP contribution in [0, 0.1) is 0 Å². The van der Waals surface area contributed by atoms with Crippen LogP contribution in [0.5, 0.6) is 0 Å².